The number of anilines is 2. The molecular weight excluding hydrogens is 439 g/mol. The second-order valence-corrected chi connectivity index (χ2v) is 7.83. The van der Waals surface area contributed by atoms with Gasteiger partial charge in [0.05, 0.1) is 33.7 Å². The standard InChI is InChI=1S/C21H16ClFN6OS/c1-29-9-13(19-20(25)26-10-27-21(19)29)11-4-3-5-16(12(11)8-24)28-31-18-6-14(22)17(30-2)7-15(18)23/h3-7,9-10,28H,1-2H3,(H2,25,26,27). The lowest BCUT2D eigenvalue weighted by Gasteiger charge is -2.12. The molecule has 0 aliphatic heterocycles. The number of ether oxygens (including phenoxy) is 1. The van der Waals surface area contributed by atoms with Gasteiger partial charge in [0, 0.05) is 30.4 Å². The van der Waals surface area contributed by atoms with Crippen molar-refractivity contribution in [1.29, 1.82) is 5.26 Å². The SMILES string of the molecule is COc1cc(F)c(SNc2cccc(-c3cn(C)c4ncnc(N)c34)c2C#N)cc1Cl. The molecule has 0 unspecified atom stereocenters. The van der Waals surface area contributed by atoms with Gasteiger partial charge in [-0.25, -0.2) is 14.4 Å². The predicted molar refractivity (Wildman–Crippen MR) is 121 cm³/mol. The largest absolute Gasteiger partial charge is 0.495 e. The second-order valence-electron chi connectivity index (χ2n) is 6.57. The first kappa shape index (κ1) is 20.8. The van der Waals surface area contributed by atoms with Crippen molar-refractivity contribution in [3.8, 4) is 22.9 Å². The number of nitriles is 1. The van der Waals surface area contributed by atoms with Crippen LogP contribution >= 0.6 is 23.5 Å². The summed E-state index contributed by atoms with van der Waals surface area (Å²) < 4.78 is 24.3. The molecule has 0 saturated heterocycles. The summed E-state index contributed by atoms with van der Waals surface area (Å²) in [7, 11) is 3.26. The average Bonchev–Trinajstić information content (AvgIpc) is 3.11. The van der Waals surface area contributed by atoms with Gasteiger partial charge in [0.25, 0.3) is 0 Å². The number of nitrogen functional groups attached to an aromatic ring is 1. The highest BCUT2D eigenvalue weighted by Crippen LogP contribution is 2.38. The van der Waals surface area contributed by atoms with Crippen molar-refractivity contribution in [2.24, 2.45) is 7.05 Å². The lowest BCUT2D eigenvalue weighted by molar-refractivity contribution is 0.410. The molecule has 4 aromatic rings. The van der Waals surface area contributed by atoms with Crippen LogP contribution in [0.1, 0.15) is 5.56 Å². The van der Waals surface area contributed by atoms with Crippen molar-refractivity contribution >= 4 is 46.1 Å². The number of nitrogens with two attached hydrogens (primary N) is 1. The summed E-state index contributed by atoms with van der Waals surface area (Å²) in [5.74, 6) is 0.0820. The minimum Gasteiger partial charge on any atom is -0.495 e. The van der Waals surface area contributed by atoms with E-state index in [0.29, 0.717) is 33.7 Å². The Hall–Kier alpha value is -3.48. The van der Waals surface area contributed by atoms with Crippen molar-refractivity contribution in [2.75, 3.05) is 17.6 Å². The van der Waals surface area contributed by atoms with Crippen LogP contribution in [-0.2, 0) is 7.05 Å². The fourth-order valence-corrected chi connectivity index (χ4v) is 4.30. The summed E-state index contributed by atoms with van der Waals surface area (Å²) in [5.41, 5.74) is 9.05. The van der Waals surface area contributed by atoms with Crippen molar-refractivity contribution in [3.05, 3.63) is 59.3 Å². The van der Waals surface area contributed by atoms with Crippen LogP contribution in [-0.4, -0.2) is 21.6 Å². The molecule has 0 aliphatic carbocycles. The first-order valence-electron chi connectivity index (χ1n) is 8.99. The first-order valence-corrected chi connectivity index (χ1v) is 10.2. The molecule has 0 bridgehead atoms. The van der Waals surface area contributed by atoms with Gasteiger partial charge in [0.2, 0.25) is 0 Å². The van der Waals surface area contributed by atoms with Crippen molar-refractivity contribution < 1.29 is 9.13 Å². The molecule has 2 aromatic heterocycles. The number of rotatable bonds is 5. The van der Waals surface area contributed by atoms with E-state index in [2.05, 4.69) is 20.8 Å². The molecule has 7 nitrogen and oxygen atoms in total. The first-order chi connectivity index (χ1) is 14.9. The van der Waals surface area contributed by atoms with Gasteiger partial charge >= 0.3 is 0 Å². The third-order valence-electron chi connectivity index (χ3n) is 4.73. The van der Waals surface area contributed by atoms with Crippen molar-refractivity contribution in [3.63, 3.8) is 0 Å². The molecule has 0 radical (unpaired) electrons. The highest BCUT2D eigenvalue weighted by molar-refractivity contribution is 8.00. The zero-order chi connectivity index (χ0) is 22.1. The summed E-state index contributed by atoms with van der Waals surface area (Å²) in [5, 5.41) is 10.8. The summed E-state index contributed by atoms with van der Waals surface area (Å²) in [6, 6.07) is 10.3. The van der Waals surface area contributed by atoms with Crippen LogP contribution in [0.15, 0.2) is 47.8 Å². The van der Waals surface area contributed by atoms with Crippen LogP contribution in [0.5, 0.6) is 5.75 Å². The Labute approximate surface area is 186 Å². The molecule has 0 amide bonds. The van der Waals surface area contributed by atoms with E-state index in [1.807, 2.05) is 23.9 Å². The van der Waals surface area contributed by atoms with Gasteiger partial charge in [0.1, 0.15) is 35.4 Å². The van der Waals surface area contributed by atoms with Crippen LogP contribution in [0.3, 0.4) is 0 Å². The zero-order valence-corrected chi connectivity index (χ0v) is 18.1. The van der Waals surface area contributed by atoms with Gasteiger partial charge in [0.15, 0.2) is 0 Å². The van der Waals surface area contributed by atoms with Crippen LogP contribution < -0.4 is 15.2 Å². The number of halogens is 2. The molecule has 0 fully saturated rings. The maximum atomic E-state index is 14.4. The number of benzene rings is 2. The molecule has 0 atom stereocenters. The highest BCUT2D eigenvalue weighted by Gasteiger charge is 2.18. The van der Waals surface area contributed by atoms with Crippen LogP contribution in [0.4, 0.5) is 15.9 Å². The Morgan fingerprint density at radius 1 is 1.29 bits per heavy atom. The molecule has 2 heterocycles. The summed E-state index contributed by atoms with van der Waals surface area (Å²) in [6.45, 7) is 0. The van der Waals surface area contributed by atoms with Crippen LogP contribution in [0.2, 0.25) is 5.02 Å². The number of fused-ring (bicyclic) bond motifs is 1. The lowest BCUT2D eigenvalue weighted by Crippen LogP contribution is -1.97. The van der Waals surface area contributed by atoms with E-state index < -0.39 is 5.82 Å². The molecule has 0 spiro atoms. The predicted octanol–water partition coefficient (Wildman–Crippen LogP) is 5.01. The van der Waals surface area contributed by atoms with Gasteiger partial charge in [-0.2, -0.15) is 5.26 Å². The van der Waals surface area contributed by atoms with Gasteiger partial charge in [-0.05, 0) is 24.1 Å². The number of hydrogen-bond acceptors (Lipinski definition) is 7. The van der Waals surface area contributed by atoms with E-state index in [-0.39, 0.29) is 15.7 Å². The quantitative estimate of drug-likeness (QED) is 0.408. The molecule has 2 aromatic carbocycles. The van der Waals surface area contributed by atoms with Gasteiger partial charge in [-0.3, -0.25) is 0 Å². The Balaban J connectivity index is 1.74. The minimum absolute atomic E-state index is 0.249. The van der Waals surface area contributed by atoms with E-state index >= 15 is 0 Å². The molecule has 3 N–H and O–H groups in total. The summed E-state index contributed by atoms with van der Waals surface area (Å²) in [4.78, 5) is 8.62. The van der Waals surface area contributed by atoms with E-state index in [4.69, 9.17) is 22.1 Å². The molecular formula is C21H16ClFN6OS. The maximum absolute atomic E-state index is 14.4. The third kappa shape index (κ3) is 3.71. The third-order valence-corrected chi connectivity index (χ3v) is 5.88. The van der Waals surface area contributed by atoms with Crippen molar-refractivity contribution in [2.45, 2.75) is 4.90 Å². The number of aryl methyl sites for hydroxylation is 1. The molecule has 4 rings (SSSR count). The summed E-state index contributed by atoms with van der Waals surface area (Å²) in [6.07, 6.45) is 3.25. The number of hydrogen-bond donors (Lipinski definition) is 2. The van der Waals surface area contributed by atoms with Crippen LogP contribution in [0.25, 0.3) is 22.2 Å². The smallest absolute Gasteiger partial charge is 0.145 e. The fraction of sp³-hybridized carbons (Fsp3) is 0.0952. The number of aromatic nitrogens is 3. The Morgan fingerprint density at radius 2 is 2.10 bits per heavy atom. The van der Waals surface area contributed by atoms with E-state index in [9.17, 15) is 9.65 Å². The minimum atomic E-state index is -0.493. The molecule has 0 aliphatic rings. The monoisotopic (exact) mass is 454 g/mol. The molecule has 10 heteroatoms. The normalized spacial score (nSPS) is 10.8. The van der Waals surface area contributed by atoms with Gasteiger partial charge < -0.3 is 19.8 Å². The lowest BCUT2D eigenvalue weighted by atomic mass is 9.99. The van der Waals surface area contributed by atoms with Gasteiger partial charge in [-0.15, -0.1) is 0 Å². The van der Waals surface area contributed by atoms with Crippen molar-refractivity contribution in [1.82, 2.24) is 14.5 Å². The van der Waals surface area contributed by atoms with Gasteiger partial charge in [-0.1, -0.05) is 23.7 Å². The van der Waals surface area contributed by atoms with E-state index in [0.717, 1.165) is 17.5 Å². The molecule has 0 saturated carbocycles. The summed E-state index contributed by atoms with van der Waals surface area (Å²) >= 11 is 7.12. The second kappa shape index (κ2) is 8.34. The van der Waals surface area contributed by atoms with E-state index in [1.165, 1.54) is 25.6 Å². The fourth-order valence-electron chi connectivity index (χ4n) is 3.28. The number of nitrogens with one attached hydrogen (secondary N) is 1. The highest BCUT2D eigenvalue weighted by atomic mass is 35.5. The Kier molecular flexibility index (Phi) is 5.59. The zero-order valence-electron chi connectivity index (χ0n) is 16.5. The molecule has 31 heavy (non-hydrogen) atoms. The Morgan fingerprint density at radius 3 is 2.84 bits per heavy atom. The maximum Gasteiger partial charge on any atom is 0.145 e. The number of nitrogens with zero attached hydrogens (tertiary/aromatic N) is 4. The average molecular weight is 455 g/mol. The van der Waals surface area contributed by atoms with Crippen LogP contribution in [0, 0.1) is 17.1 Å². The Bertz CT molecular complexity index is 1350. The topological polar surface area (TPSA) is 102 Å². The van der Waals surface area contributed by atoms with E-state index in [1.54, 1.807) is 12.1 Å². The molecule has 156 valence electrons. The number of methoxy groups -OCH3 is 1.